The van der Waals surface area contributed by atoms with E-state index in [1.54, 1.807) is 51.1 Å². The summed E-state index contributed by atoms with van der Waals surface area (Å²) in [6, 6.07) is 0.538. The summed E-state index contributed by atoms with van der Waals surface area (Å²) >= 11 is 0. The van der Waals surface area contributed by atoms with E-state index in [-0.39, 0.29) is 93.4 Å². The van der Waals surface area contributed by atoms with Crippen molar-refractivity contribution >= 4 is 40.4 Å². The van der Waals surface area contributed by atoms with E-state index in [9.17, 15) is 63.4 Å². The van der Waals surface area contributed by atoms with Crippen molar-refractivity contribution in [3.63, 3.8) is 0 Å². The van der Waals surface area contributed by atoms with Crippen LogP contribution in [0.3, 0.4) is 0 Å². The van der Waals surface area contributed by atoms with Crippen LogP contribution in [0, 0.1) is 11.8 Å². The highest BCUT2D eigenvalue weighted by molar-refractivity contribution is 5.80. The van der Waals surface area contributed by atoms with Crippen LogP contribution in [0.2, 0.25) is 0 Å². The summed E-state index contributed by atoms with van der Waals surface area (Å²) < 4.78 is 156. The average Bonchev–Trinajstić information content (AvgIpc) is 4.10. The van der Waals surface area contributed by atoms with Gasteiger partial charge in [0.15, 0.2) is 11.2 Å². The number of hydrogen-bond donors (Lipinski definition) is 4. The highest BCUT2D eigenvalue weighted by atomic mass is 19.4. The van der Waals surface area contributed by atoms with Gasteiger partial charge < -0.3 is 49.6 Å². The Morgan fingerprint density at radius 1 is 0.740 bits per heavy atom. The lowest BCUT2D eigenvalue weighted by molar-refractivity contribution is -0.151. The largest absolute Gasteiger partial charge is 0.465 e. The minimum Gasteiger partial charge on any atom is -0.465 e. The molecular formula is C47H58F10N8O8. The Hall–Kier alpha value is -5.63. The maximum Gasteiger partial charge on any atom is 0.410 e. The Morgan fingerprint density at radius 2 is 1.14 bits per heavy atom. The fraction of sp³-hybridized carbons (Fsp3) is 0.638. The second-order valence-electron chi connectivity index (χ2n) is 20.1. The van der Waals surface area contributed by atoms with Gasteiger partial charge in [-0.05, 0) is 93.7 Å². The molecule has 2 aliphatic heterocycles. The molecular weight excluding hydrogens is 995 g/mol. The van der Waals surface area contributed by atoms with Gasteiger partial charge in [0.05, 0.1) is 44.4 Å². The molecule has 73 heavy (non-hydrogen) atoms. The summed E-state index contributed by atoms with van der Waals surface area (Å²) in [6.07, 6.45) is -11.0. The van der Waals surface area contributed by atoms with Crippen LogP contribution >= 0.6 is 0 Å². The second-order valence-corrected chi connectivity index (χ2v) is 20.1. The quantitative estimate of drug-likeness (QED) is 0.0928. The maximum atomic E-state index is 14.0. The lowest BCUT2D eigenvalue weighted by Crippen LogP contribution is -2.50. The van der Waals surface area contributed by atoms with E-state index in [0.717, 1.165) is 9.80 Å². The fourth-order valence-electron chi connectivity index (χ4n) is 10.0. The Labute approximate surface area is 412 Å². The van der Waals surface area contributed by atoms with Gasteiger partial charge in [0.2, 0.25) is 23.6 Å². The molecule has 0 bridgehead atoms. The zero-order chi connectivity index (χ0) is 53.6. The number of carboxylic acid groups (broad SMARTS) is 1. The molecule has 2 aliphatic carbocycles. The van der Waals surface area contributed by atoms with Crippen molar-refractivity contribution in [2.75, 3.05) is 40.5 Å². The summed E-state index contributed by atoms with van der Waals surface area (Å²) in [6.45, 7) is 3.81. The topological polar surface area (TPSA) is 202 Å². The molecule has 2 saturated heterocycles. The van der Waals surface area contributed by atoms with Gasteiger partial charge in [-0.1, -0.05) is 12.1 Å². The Morgan fingerprint density at radius 3 is 1.51 bits per heavy atom. The van der Waals surface area contributed by atoms with Crippen LogP contribution in [0.4, 0.5) is 58.3 Å². The number of hydrogen-bond acceptors (Lipinski definition) is 10. The van der Waals surface area contributed by atoms with E-state index in [4.69, 9.17) is 24.0 Å². The Bertz CT molecular complexity index is 2580. The predicted molar refractivity (Wildman–Crippen MR) is 241 cm³/mol. The highest BCUT2D eigenvalue weighted by Gasteiger charge is 2.51. The van der Waals surface area contributed by atoms with Crippen molar-refractivity contribution in [2.24, 2.45) is 17.6 Å². The van der Waals surface area contributed by atoms with E-state index >= 15 is 0 Å². The first kappa shape index (κ1) is 55.1. The average molecular weight is 1050 g/mol. The summed E-state index contributed by atoms with van der Waals surface area (Å²) in [5.74, 6) is -5.90. The summed E-state index contributed by atoms with van der Waals surface area (Å²) in [5.41, 5.74) is 7.67. The normalized spacial score (nSPS) is 22.7. The van der Waals surface area contributed by atoms with E-state index in [2.05, 4.69) is 9.97 Å². The number of nitrogens with zero attached hydrogens (tertiary/aromatic N) is 5. The third kappa shape index (κ3) is 12.5. The molecule has 4 aromatic rings. The minimum atomic E-state index is -4.62. The molecule has 0 radical (unpaired) electrons. The number of nitrogens with two attached hydrogens (primary N) is 1. The van der Waals surface area contributed by atoms with Gasteiger partial charge in [0.1, 0.15) is 29.2 Å². The molecule has 5 N–H and O–H groups in total. The van der Waals surface area contributed by atoms with Gasteiger partial charge in [-0.15, -0.1) is 0 Å². The SMILES string of the molecule is COC[C@H](c1ccc2oc([C@@H](N)C3CCC(F)(F)CC3)nc2c1)N1C[C@@H](C(F)(F)F)NC1=O.COC[C@H](c1ccc2oc([C@H](C3CCC(F)(F)CC3)N(C(=O)O)C(C)(C)C)nc2c1)N1C[C@@H](C(F)(F)F)NC1=O. The third-order valence-corrected chi connectivity index (χ3v) is 13.9. The molecule has 4 heterocycles. The molecule has 2 aromatic heterocycles. The van der Waals surface area contributed by atoms with E-state index < -0.39 is 103 Å². The summed E-state index contributed by atoms with van der Waals surface area (Å²) in [7, 11) is 2.75. The Balaban J connectivity index is 0.000000218. The lowest BCUT2D eigenvalue weighted by atomic mass is 9.80. The molecule has 404 valence electrons. The number of oxazole rings is 2. The van der Waals surface area contributed by atoms with Crippen LogP contribution in [-0.4, -0.2) is 130 Å². The lowest BCUT2D eigenvalue weighted by Gasteiger charge is -2.43. The number of carbonyl (C=O) groups excluding carboxylic acids is 2. The first-order chi connectivity index (χ1) is 34.0. The number of urea groups is 2. The minimum absolute atomic E-state index is 0.0238. The molecule has 6 atom stereocenters. The number of ether oxygens (including phenoxy) is 2. The molecule has 0 unspecified atom stereocenters. The van der Waals surface area contributed by atoms with Crippen molar-refractivity contribution in [2.45, 2.75) is 138 Å². The van der Waals surface area contributed by atoms with Crippen LogP contribution in [-0.2, 0) is 9.47 Å². The van der Waals surface area contributed by atoms with Gasteiger partial charge in [-0.3, -0.25) is 4.90 Å². The number of fused-ring (bicyclic) bond motifs is 2. The van der Waals surface area contributed by atoms with Crippen molar-refractivity contribution in [1.29, 1.82) is 0 Å². The van der Waals surface area contributed by atoms with Gasteiger partial charge in [0.25, 0.3) is 0 Å². The molecule has 4 aliphatic rings. The summed E-state index contributed by atoms with van der Waals surface area (Å²) in [5, 5.41) is 14.0. The van der Waals surface area contributed by atoms with Crippen LogP contribution in [0.5, 0.6) is 0 Å². The number of aromatic nitrogens is 2. The number of halogens is 10. The predicted octanol–water partition coefficient (Wildman–Crippen LogP) is 10.4. The fourth-order valence-corrected chi connectivity index (χ4v) is 10.0. The van der Waals surface area contributed by atoms with Gasteiger partial charge in [-0.25, -0.2) is 41.9 Å². The smallest absolute Gasteiger partial charge is 0.410 e. The highest BCUT2D eigenvalue weighted by Crippen LogP contribution is 2.47. The standard InChI is InChI=1S/C26H33F5N4O5.C21H25F5N4O3/c1-24(2,3)35(23(37)38)20(14-7-9-25(27,28)10-8-14)21-32-16-11-15(5-6-18(16)40-21)17(13-39-4)34-12-19(26(29,30)31)33-22(34)36;1-32-10-14(30-9-16(21(24,25)26)29-19(30)31)12-2-3-15-13(8-12)28-18(33-15)17(27)11-4-6-20(22,23)7-5-11/h5-6,11,14,17,19-20H,7-10,12-13H2,1-4H3,(H,33,36)(H,37,38);2-3,8,11,14,16-17H,4-7,9-10,27H2,1H3,(H,29,31)/t17-,19+,20+;14-,16+,17+/m11/s1. The molecule has 5 amide bonds. The number of nitrogens with one attached hydrogen (secondary N) is 2. The van der Waals surface area contributed by atoms with Gasteiger partial charge in [0, 0.05) is 45.4 Å². The molecule has 0 spiro atoms. The zero-order valence-corrected chi connectivity index (χ0v) is 40.5. The number of benzene rings is 2. The van der Waals surface area contributed by atoms with Crippen molar-refractivity contribution in [1.82, 2.24) is 35.3 Å². The van der Waals surface area contributed by atoms with Crippen molar-refractivity contribution in [3.05, 3.63) is 59.3 Å². The van der Waals surface area contributed by atoms with Crippen LogP contribution in [0.15, 0.2) is 45.2 Å². The maximum absolute atomic E-state index is 14.0. The molecule has 2 aromatic carbocycles. The zero-order valence-electron chi connectivity index (χ0n) is 40.5. The summed E-state index contributed by atoms with van der Waals surface area (Å²) in [4.78, 5) is 49.4. The van der Waals surface area contributed by atoms with Gasteiger partial charge >= 0.3 is 30.5 Å². The van der Waals surface area contributed by atoms with Crippen molar-refractivity contribution in [3.8, 4) is 0 Å². The van der Waals surface area contributed by atoms with Crippen molar-refractivity contribution < 1.29 is 81.7 Å². The monoisotopic (exact) mass is 1050 g/mol. The second kappa shape index (κ2) is 20.9. The number of rotatable bonds is 13. The molecule has 16 nitrogen and oxygen atoms in total. The number of methoxy groups -OCH3 is 2. The van der Waals surface area contributed by atoms with E-state index in [0.29, 0.717) is 22.2 Å². The first-order valence-corrected chi connectivity index (χ1v) is 23.6. The molecule has 4 fully saturated rings. The van der Waals surface area contributed by atoms with Crippen LogP contribution in [0.25, 0.3) is 22.2 Å². The third-order valence-electron chi connectivity index (χ3n) is 13.9. The van der Waals surface area contributed by atoms with E-state index in [1.165, 1.54) is 25.2 Å². The molecule has 26 heteroatoms. The first-order valence-electron chi connectivity index (χ1n) is 23.6. The number of amides is 5. The molecule has 8 rings (SSSR count). The van der Waals surface area contributed by atoms with Gasteiger partial charge in [-0.2, -0.15) is 26.3 Å². The Kier molecular flexibility index (Phi) is 15.8. The van der Waals surface area contributed by atoms with E-state index in [1.807, 2.05) is 10.6 Å². The number of alkyl halides is 10. The molecule has 2 saturated carbocycles. The van der Waals surface area contributed by atoms with Crippen LogP contribution in [0.1, 0.15) is 119 Å². The number of carbonyl (C=O) groups is 3. The van der Waals surface area contributed by atoms with Crippen LogP contribution < -0.4 is 16.4 Å².